The fourth-order valence-electron chi connectivity index (χ4n) is 2.45. The number of unbranched alkanes of at least 4 members (excludes halogenated alkanes) is 1. The van der Waals surface area contributed by atoms with E-state index in [0.717, 1.165) is 35.5 Å². The molecule has 0 atom stereocenters. The van der Waals surface area contributed by atoms with Crippen molar-refractivity contribution in [3.8, 4) is 11.8 Å². The van der Waals surface area contributed by atoms with Gasteiger partial charge in [0.05, 0.1) is 11.4 Å². The number of hydrogen-bond donors (Lipinski definition) is 1. The van der Waals surface area contributed by atoms with Crippen LogP contribution in [0.5, 0.6) is 0 Å². The van der Waals surface area contributed by atoms with E-state index in [1.807, 2.05) is 54.9 Å². The van der Waals surface area contributed by atoms with Crippen LogP contribution in [0.3, 0.4) is 0 Å². The Bertz CT molecular complexity index is 782. The molecule has 5 heteroatoms. The first-order chi connectivity index (χ1) is 11.6. The minimum Gasteiger partial charge on any atom is -0.351 e. The third kappa shape index (κ3) is 3.90. The second kappa shape index (κ2) is 8.11. The Morgan fingerprint density at radius 3 is 2.67 bits per heavy atom. The molecule has 0 aliphatic rings. The Morgan fingerprint density at radius 2 is 2.04 bits per heavy atom. The minimum atomic E-state index is -0.336. The van der Waals surface area contributed by atoms with Gasteiger partial charge in [-0.3, -0.25) is 4.79 Å². The molecule has 0 saturated carbocycles. The first kappa shape index (κ1) is 17.5. The van der Waals surface area contributed by atoms with Gasteiger partial charge in [-0.25, -0.2) is 4.68 Å². The van der Waals surface area contributed by atoms with Gasteiger partial charge in [-0.2, -0.15) is 10.4 Å². The summed E-state index contributed by atoms with van der Waals surface area (Å²) in [7, 11) is 0. The van der Waals surface area contributed by atoms with Crippen LogP contribution in [0.15, 0.2) is 35.9 Å². The van der Waals surface area contributed by atoms with Crippen molar-refractivity contribution in [2.75, 3.05) is 6.54 Å². The van der Waals surface area contributed by atoms with E-state index in [1.54, 1.807) is 6.08 Å². The lowest BCUT2D eigenvalue weighted by atomic mass is 10.1. The third-order valence-corrected chi connectivity index (χ3v) is 3.82. The topological polar surface area (TPSA) is 70.7 Å². The number of nitriles is 1. The third-order valence-electron chi connectivity index (χ3n) is 3.82. The van der Waals surface area contributed by atoms with Crippen molar-refractivity contribution < 1.29 is 4.79 Å². The van der Waals surface area contributed by atoms with Gasteiger partial charge in [-0.1, -0.05) is 31.5 Å². The highest BCUT2D eigenvalue weighted by Gasteiger charge is 2.14. The average molecular weight is 322 g/mol. The summed E-state index contributed by atoms with van der Waals surface area (Å²) in [6.45, 7) is 6.44. The highest BCUT2D eigenvalue weighted by molar-refractivity contribution is 6.01. The van der Waals surface area contributed by atoms with Crippen molar-refractivity contribution in [3.05, 3.63) is 52.9 Å². The van der Waals surface area contributed by atoms with Crippen LogP contribution in [-0.4, -0.2) is 22.2 Å². The van der Waals surface area contributed by atoms with E-state index in [2.05, 4.69) is 17.3 Å². The highest BCUT2D eigenvalue weighted by atomic mass is 16.1. The number of aryl methyl sites for hydroxylation is 1. The van der Waals surface area contributed by atoms with Gasteiger partial charge < -0.3 is 5.32 Å². The Labute approximate surface area is 142 Å². The number of carbonyl (C=O) groups excluding carboxylic acids is 1. The molecular formula is C19H22N4O. The molecule has 5 nitrogen and oxygen atoms in total. The predicted octanol–water partition coefficient (Wildman–Crippen LogP) is 3.31. The molecule has 0 fully saturated rings. The number of rotatable bonds is 6. The zero-order chi connectivity index (χ0) is 17.5. The predicted molar refractivity (Wildman–Crippen MR) is 94.5 cm³/mol. The number of nitrogens with zero attached hydrogens (tertiary/aromatic N) is 3. The van der Waals surface area contributed by atoms with Crippen LogP contribution < -0.4 is 5.32 Å². The molecule has 1 aromatic carbocycles. The van der Waals surface area contributed by atoms with Crippen molar-refractivity contribution in [3.63, 3.8) is 0 Å². The number of para-hydroxylation sites is 1. The Morgan fingerprint density at radius 1 is 1.33 bits per heavy atom. The number of amides is 1. The second-order valence-corrected chi connectivity index (χ2v) is 5.61. The van der Waals surface area contributed by atoms with Crippen LogP contribution in [0.1, 0.15) is 36.7 Å². The zero-order valence-corrected chi connectivity index (χ0v) is 14.3. The molecule has 24 heavy (non-hydrogen) atoms. The van der Waals surface area contributed by atoms with Crippen molar-refractivity contribution >= 4 is 12.0 Å². The van der Waals surface area contributed by atoms with Crippen molar-refractivity contribution in [2.45, 2.75) is 33.6 Å². The molecule has 1 amide bonds. The van der Waals surface area contributed by atoms with Crippen molar-refractivity contribution in [1.82, 2.24) is 15.1 Å². The quantitative estimate of drug-likeness (QED) is 0.504. The highest BCUT2D eigenvalue weighted by Crippen LogP contribution is 2.20. The molecule has 0 radical (unpaired) electrons. The van der Waals surface area contributed by atoms with Gasteiger partial charge in [0.1, 0.15) is 11.6 Å². The summed E-state index contributed by atoms with van der Waals surface area (Å²) in [5.74, 6) is -0.336. The van der Waals surface area contributed by atoms with E-state index in [1.165, 1.54) is 0 Å². The summed E-state index contributed by atoms with van der Waals surface area (Å²) < 4.78 is 1.82. The standard InChI is InChI=1S/C19H22N4O/c1-4-5-11-21-19(24)16(13-20)12-18-14(2)22-23(15(18)3)17-9-7-6-8-10-17/h6-10,12H,4-5,11H2,1-3H3,(H,21,24)/b16-12+. The smallest absolute Gasteiger partial charge is 0.261 e. The van der Waals surface area contributed by atoms with Crippen LogP contribution in [0.25, 0.3) is 11.8 Å². The van der Waals surface area contributed by atoms with Crippen molar-refractivity contribution in [1.29, 1.82) is 5.26 Å². The SMILES string of the molecule is CCCCNC(=O)/C(C#N)=C/c1c(C)nn(-c2ccccc2)c1C. The van der Waals surface area contributed by atoms with Gasteiger partial charge in [0, 0.05) is 17.8 Å². The summed E-state index contributed by atoms with van der Waals surface area (Å²) in [4.78, 5) is 12.1. The van der Waals surface area contributed by atoms with Crippen LogP contribution in [0.4, 0.5) is 0 Å². The number of nitrogens with one attached hydrogen (secondary N) is 1. The average Bonchev–Trinajstić information content (AvgIpc) is 2.88. The molecule has 0 aliphatic carbocycles. The lowest BCUT2D eigenvalue weighted by Crippen LogP contribution is -2.25. The van der Waals surface area contributed by atoms with Crippen LogP contribution in [0.2, 0.25) is 0 Å². The molecule has 124 valence electrons. The molecule has 0 spiro atoms. The summed E-state index contributed by atoms with van der Waals surface area (Å²) in [6.07, 6.45) is 3.51. The molecule has 0 aliphatic heterocycles. The molecular weight excluding hydrogens is 300 g/mol. The lowest BCUT2D eigenvalue weighted by molar-refractivity contribution is -0.117. The molecule has 1 heterocycles. The molecule has 2 rings (SSSR count). The largest absolute Gasteiger partial charge is 0.351 e. The van der Waals surface area contributed by atoms with E-state index in [0.29, 0.717) is 6.54 Å². The van der Waals surface area contributed by atoms with Crippen molar-refractivity contribution in [2.24, 2.45) is 0 Å². The van der Waals surface area contributed by atoms with Gasteiger partial charge in [0.25, 0.3) is 5.91 Å². The molecule has 0 bridgehead atoms. The van der Waals surface area contributed by atoms with E-state index in [4.69, 9.17) is 0 Å². The van der Waals surface area contributed by atoms with Gasteiger partial charge in [-0.05, 0) is 38.5 Å². The van der Waals surface area contributed by atoms with Gasteiger partial charge in [0.15, 0.2) is 0 Å². The number of carbonyl (C=O) groups is 1. The lowest BCUT2D eigenvalue weighted by Gasteiger charge is -2.05. The minimum absolute atomic E-state index is 0.102. The van der Waals surface area contributed by atoms with Crippen LogP contribution in [-0.2, 0) is 4.79 Å². The Kier molecular flexibility index (Phi) is 5.91. The summed E-state index contributed by atoms with van der Waals surface area (Å²) in [6, 6.07) is 11.8. The second-order valence-electron chi connectivity index (χ2n) is 5.61. The van der Waals surface area contributed by atoms with E-state index >= 15 is 0 Å². The number of aromatic nitrogens is 2. The summed E-state index contributed by atoms with van der Waals surface area (Å²) in [5, 5.41) is 16.6. The molecule has 1 N–H and O–H groups in total. The van der Waals surface area contributed by atoms with E-state index < -0.39 is 0 Å². The first-order valence-electron chi connectivity index (χ1n) is 8.10. The summed E-state index contributed by atoms with van der Waals surface area (Å²) in [5.41, 5.74) is 3.54. The zero-order valence-electron chi connectivity index (χ0n) is 14.3. The maximum atomic E-state index is 12.1. The molecule has 0 saturated heterocycles. The molecule has 2 aromatic rings. The monoisotopic (exact) mass is 322 g/mol. The summed E-state index contributed by atoms with van der Waals surface area (Å²) >= 11 is 0. The van der Waals surface area contributed by atoms with Gasteiger partial charge >= 0.3 is 0 Å². The van der Waals surface area contributed by atoms with Crippen LogP contribution >= 0.6 is 0 Å². The molecule has 1 aromatic heterocycles. The van der Waals surface area contributed by atoms with E-state index in [-0.39, 0.29) is 11.5 Å². The fourth-order valence-corrected chi connectivity index (χ4v) is 2.45. The maximum Gasteiger partial charge on any atom is 0.261 e. The fraction of sp³-hybridized carbons (Fsp3) is 0.316. The number of hydrogen-bond acceptors (Lipinski definition) is 3. The van der Waals surface area contributed by atoms with Gasteiger partial charge in [-0.15, -0.1) is 0 Å². The Balaban J connectivity index is 2.33. The Hall–Kier alpha value is -2.87. The normalized spacial score (nSPS) is 11.2. The first-order valence-corrected chi connectivity index (χ1v) is 8.10. The molecule has 0 unspecified atom stereocenters. The van der Waals surface area contributed by atoms with Crippen LogP contribution in [0, 0.1) is 25.2 Å². The maximum absolute atomic E-state index is 12.1. The number of benzene rings is 1. The van der Waals surface area contributed by atoms with Gasteiger partial charge in [0.2, 0.25) is 0 Å². The van der Waals surface area contributed by atoms with E-state index in [9.17, 15) is 10.1 Å².